The fourth-order valence-corrected chi connectivity index (χ4v) is 4.49. The Morgan fingerprint density at radius 3 is 2.74 bits per heavy atom. The fourth-order valence-electron chi connectivity index (χ4n) is 4.20. The molecule has 0 aromatic heterocycles. The molecule has 6 heteroatoms. The molecule has 0 bridgehead atoms. The molecule has 2 aromatic carbocycles. The van der Waals surface area contributed by atoms with Gasteiger partial charge >= 0.3 is 5.97 Å². The van der Waals surface area contributed by atoms with E-state index in [1.54, 1.807) is 19.2 Å². The lowest BCUT2D eigenvalue weighted by atomic mass is 9.78. The Balaban J connectivity index is 1.89. The number of hydrogen-bond donors (Lipinski definition) is 2. The predicted molar refractivity (Wildman–Crippen MR) is 105 cm³/mol. The highest BCUT2D eigenvalue weighted by atomic mass is 35.5. The van der Waals surface area contributed by atoms with Gasteiger partial charge in [-0.1, -0.05) is 35.9 Å². The van der Waals surface area contributed by atoms with Crippen molar-refractivity contribution >= 4 is 29.0 Å². The quantitative estimate of drug-likeness (QED) is 0.469. The third-order valence-corrected chi connectivity index (χ3v) is 5.82. The molecule has 0 fully saturated rings. The summed E-state index contributed by atoms with van der Waals surface area (Å²) in [6, 6.07) is 11.7. The van der Waals surface area contributed by atoms with Crippen LogP contribution in [0, 0.1) is 0 Å². The van der Waals surface area contributed by atoms with Crippen LogP contribution < -0.4 is 10.4 Å². The summed E-state index contributed by atoms with van der Waals surface area (Å²) in [4.78, 5) is 24.3. The molecule has 2 unspecified atom stereocenters. The highest BCUT2D eigenvalue weighted by Gasteiger charge is 2.39. The van der Waals surface area contributed by atoms with Crippen molar-refractivity contribution < 1.29 is 14.7 Å². The first-order chi connectivity index (χ1) is 12.8. The van der Waals surface area contributed by atoms with E-state index in [0.29, 0.717) is 16.3 Å². The number of quaternary nitrogens is 1. The van der Waals surface area contributed by atoms with E-state index in [4.69, 9.17) is 17.4 Å². The molecule has 2 atom stereocenters. The number of hydrogen-bond acceptors (Lipinski definition) is 3. The van der Waals surface area contributed by atoms with E-state index >= 15 is 0 Å². The predicted octanol–water partition coefficient (Wildman–Crippen LogP) is 3.78. The van der Waals surface area contributed by atoms with Crippen molar-refractivity contribution in [3.63, 3.8) is 0 Å². The molecule has 0 saturated carbocycles. The van der Waals surface area contributed by atoms with Crippen LogP contribution in [0.4, 0.5) is 5.69 Å². The second-order valence-corrected chi connectivity index (χ2v) is 7.77. The third kappa shape index (κ3) is 2.88. The molecule has 1 aliphatic heterocycles. The number of carboxylic acids is 1. The number of carboxylic acid groups (broad SMARTS) is 1. The van der Waals surface area contributed by atoms with Crippen molar-refractivity contribution in [3.05, 3.63) is 75.4 Å². The topological polar surface area (TPSA) is 80.4 Å². The van der Waals surface area contributed by atoms with E-state index < -0.39 is 11.8 Å². The van der Waals surface area contributed by atoms with Gasteiger partial charge in [0, 0.05) is 12.0 Å². The summed E-state index contributed by atoms with van der Waals surface area (Å²) >= 11 is 6.62. The van der Waals surface area contributed by atoms with Gasteiger partial charge in [0.15, 0.2) is 11.3 Å². The number of aryl methyl sites for hydroxylation is 1. The van der Waals surface area contributed by atoms with Crippen LogP contribution in [-0.4, -0.2) is 23.9 Å². The third-order valence-electron chi connectivity index (χ3n) is 5.50. The Bertz CT molecular complexity index is 1010. The Kier molecular flexibility index (Phi) is 4.18. The largest absolute Gasteiger partial charge is 0.477 e. The number of nitrogens with zero attached hydrogens (tertiary/aromatic N) is 1. The molecule has 2 aromatic rings. The number of fused-ring (bicyclic) bond motifs is 2. The van der Waals surface area contributed by atoms with Crippen LogP contribution in [0.1, 0.15) is 45.8 Å². The van der Waals surface area contributed by atoms with E-state index in [-0.39, 0.29) is 16.1 Å². The minimum atomic E-state index is -1.28. The molecule has 4 rings (SSSR count). The zero-order chi connectivity index (χ0) is 19.3. The molecular weight excluding hydrogens is 364 g/mol. The van der Waals surface area contributed by atoms with Gasteiger partial charge in [-0.15, -0.1) is 0 Å². The van der Waals surface area contributed by atoms with Gasteiger partial charge in [0.25, 0.3) is 0 Å². The van der Waals surface area contributed by atoms with Crippen molar-refractivity contribution in [2.24, 2.45) is 5.84 Å². The van der Waals surface area contributed by atoms with E-state index in [1.807, 2.05) is 12.1 Å². The zero-order valence-corrected chi connectivity index (χ0v) is 15.7. The first-order valence-corrected chi connectivity index (χ1v) is 9.25. The molecule has 0 amide bonds. The first kappa shape index (κ1) is 17.9. The molecule has 0 spiro atoms. The average molecular weight is 384 g/mol. The summed E-state index contributed by atoms with van der Waals surface area (Å²) < 4.78 is -0.329. The first-order valence-electron chi connectivity index (χ1n) is 8.87. The molecule has 27 heavy (non-hydrogen) atoms. The van der Waals surface area contributed by atoms with Gasteiger partial charge in [-0.05, 0) is 42.0 Å². The summed E-state index contributed by atoms with van der Waals surface area (Å²) in [6.45, 7) is 0. The number of carbonyl (C=O) groups is 2. The van der Waals surface area contributed by atoms with Gasteiger partial charge in [-0.2, -0.15) is 10.4 Å². The van der Waals surface area contributed by atoms with Gasteiger partial charge in [0.1, 0.15) is 6.20 Å². The van der Waals surface area contributed by atoms with E-state index in [2.05, 4.69) is 12.1 Å². The lowest BCUT2D eigenvalue weighted by Crippen LogP contribution is -2.50. The molecular formula is C21H20ClN2O3+. The van der Waals surface area contributed by atoms with Crippen LogP contribution in [0.5, 0.6) is 0 Å². The van der Waals surface area contributed by atoms with Crippen LogP contribution in [0.3, 0.4) is 0 Å². The molecule has 0 radical (unpaired) electrons. The van der Waals surface area contributed by atoms with Crippen molar-refractivity contribution in [2.45, 2.75) is 25.2 Å². The van der Waals surface area contributed by atoms with Crippen LogP contribution in [0.25, 0.3) is 0 Å². The smallest absolute Gasteiger partial charge is 0.345 e. The summed E-state index contributed by atoms with van der Waals surface area (Å²) in [5, 5.41) is 9.94. The lowest BCUT2D eigenvalue weighted by molar-refractivity contribution is -0.132. The van der Waals surface area contributed by atoms with Gasteiger partial charge in [-0.25, -0.2) is 4.79 Å². The maximum absolute atomic E-state index is 12.8. The SMILES string of the molecule is C[N+]1(N)C=C(C(=O)O)C(=O)c2cc(C3CCCc4ccccc43)c(Cl)cc21. The van der Waals surface area contributed by atoms with Crippen LogP contribution in [0.15, 0.2) is 48.2 Å². The van der Waals surface area contributed by atoms with Crippen molar-refractivity contribution in [1.29, 1.82) is 0 Å². The Morgan fingerprint density at radius 2 is 2.00 bits per heavy atom. The standard InChI is InChI=1S/C21H19ClN2O3/c1-24(23)11-17(21(26)27)20(25)16-9-15(18(22)10-19(16)24)14-8-4-6-12-5-2-3-7-13(12)14/h2-3,5,7,9-11,14H,4,6,8,23H2,1H3/p+1. The normalized spacial score (nSPS) is 24.0. The van der Waals surface area contributed by atoms with Crippen molar-refractivity contribution in [3.8, 4) is 0 Å². The number of halogens is 1. The molecule has 138 valence electrons. The van der Waals surface area contributed by atoms with Crippen LogP contribution >= 0.6 is 11.6 Å². The monoisotopic (exact) mass is 383 g/mol. The lowest BCUT2D eigenvalue weighted by Gasteiger charge is -2.31. The Morgan fingerprint density at radius 1 is 1.26 bits per heavy atom. The number of ketones is 1. The minimum absolute atomic E-state index is 0.0799. The molecule has 2 aliphatic rings. The highest BCUT2D eigenvalue weighted by molar-refractivity contribution is 6.33. The minimum Gasteiger partial charge on any atom is -0.477 e. The summed E-state index contributed by atoms with van der Waals surface area (Å²) in [6.07, 6.45) is 4.24. The Hall–Kier alpha value is -2.47. The number of carbonyl (C=O) groups excluding carboxylic acids is 1. The van der Waals surface area contributed by atoms with E-state index in [0.717, 1.165) is 24.8 Å². The Labute approximate surface area is 162 Å². The number of aliphatic carboxylic acids is 1. The van der Waals surface area contributed by atoms with Crippen LogP contribution in [-0.2, 0) is 11.2 Å². The molecule has 5 nitrogen and oxygen atoms in total. The van der Waals surface area contributed by atoms with Crippen molar-refractivity contribution in [2.75, 3.05) is 7.05 Å². The van der Waals surface area contributed by atoms with Gasteiger partial charge < -0.3 is 5.11 Å². The second kappa shape index (κ2) is 6.30. The fraction of sp³-hybridized carbons (Fsp3) is 0.238. The number of rotatable bonds is 2. The molecule has 3 N–H and O–H groups in total. The van der Waals surface area contributed by atoms with Gasteiger partial charge in [0.05, 0.1) is 17.6 Å². The zero-order valence-electron chi connectivity index (χ0n) is 14.9. The van der Waals surface area contributed by atoms with E-state index in [1.165, 1.54) is 17.3 Å². The summed E-state index contributed by atoms with van der Waals surface area (Å²) in [5.74, 6) is 4.52. The number of benzene rings is 2. The van der Waals surface area contributed by atoms with Gasteiger partial charge in [-0.3, -0.25) is 4.79 Å². The molecule has 0 saturated heterocycles. The highest BCUT2D eigenvalue weighted by Crippen LogP contribution is 2.43. The number of nitrogens with two attached hydrogens (primary N) is 1. The summed E-state index contributed by atoms with van der Waals surface area (Å²) in [7, 11) is 1.63. The average Bonchev–Trinajstić information content (AvgIpc) is 2.64. The maximum Gasteiger partial charge on any atom is 0.345 e. The summed E-state index contributed by atoms with van der Waals surface area (Å²) in [5.41, 5.74) is 3.85. The number of Topliss-reactive ketones (excluding diaryl/α,β-unsaturated/α-hetero) is 1. The second-order valence-electron chi connectivity index (χ2n) is 7.36. The molecule has 1 heterocycles. The molecule has 1 aliphatic carbocycles. The van der Waals surface area contributed by atoms with E-state index in [9.17, 15) is 14.7 Å². The van der Waals surface area contributed by atoms with Crippen molar-refractivity contribution in [1.82, 2.24) is 4.59 Å². The van der Waals surface area contributed by atoms with Crippen LogP contribution in [0.2, 0.25) is 5.02 Å². The van der Waals surface area contributed by atoms with Gasteiger partial charge in [0.2, 0.25) is 5.78 Å². The maximum atomic E-state index is 12.8.